The monoisotopic (exact) mass is 499 g/mol. The van der Waals surface area contributed by atoms with E-state index in [0.29, 0.717) is 0 Å². The average Bonchev–Trinajstić information content (AvgIpc) is 3.29. The Morgan fingerprint density at radius 2 is 1.87 bits per heavy atom. The molecule has 1 fully saturated rings. The average molecular weight is 500 g/mol. The van der Waals surface area contributed by atoms with Crippen molar-refractivity contribution in [1.29, 1.82) is 0 Å². The van der Waals surface area contributed by atoms with Crippen molar-refractivity contribution in [2.45, 2.75) is 0 Å². The lowest BCUT2D eigenvalue weighted by Gasteiger charge is -2.12. The Hall–Kier alpha value is -3.17. The van der Waals surface area contributed by atoms with Crippen molar-refractivity contribution in [2.75, 3.05) is 11.9 Å². The molecule has 0 spiro atoms. The summed E-state index contributed by atoms with van der Waals surface area (Å²) in [4.78, 5) is 38.4. The molecule has 1 aliphatic heterocycles. The van der Waals surface area contributed by atoms with Gasteiger partial charge >= 0.3 is 0 Å². The van der Waals surface area contributed by atoms with Gasteiger partial charge in [-0.25, -0.2) is 4.39 Å². The number of anilines is 1. The second kappa shape index (κ2) is 8.91. The number of carbonyl (C=O) groups excluding carboxylic acids is 3. The molecule has 0 unspecified atom stereocenters. The topological polar surface area (TPSA) is 71.4 Å². The first-order chi connectivity index (χ1) is 14.9. The van der Waals surface area contributed by atoms with Crippen LogP contribution in [0.1, 0.15) is 5.69 Å². The van der Waals surface area contributed by atoms with Crippen LogP contribution in [0.3, 0.4) is 0 Å². The molecule has 1 saturated heterocycles. The van der Waals surface area contributed by atoms with Gasteiger partial charge in [0.15, 0.2) is 0 Å². The van der Waals surface area contributed by atoms with Crippen molar-refractivity contribution in [3.8, 4) is 5.69 Å². The number of imide groups is 1. The number of aromatic nitrogens is 1. The van der Waals surface area contributed by atoms with Crippen LogP contribution in [0.5, 0.6) is 0 Å². The number of benzene rings is 2. The summed E-state index contributed by atoms with van der Waals surface area (Å²) in [5.74, 6) is -1.64. The molecule has 3 aromatic rings. The van der Waals surface area contributed by atoms with Gasteiger partial charge in [-0.15, -0.1) is 0 Å². The summed E-state index contributed by atoms with van der Waals surface area (Å²) in [7, 11) is 0. The fourth-order valence-corrected chi connectivity index (χ4v) is 4.12. The summed E-state index contributed by atoms with van der Waals surface area (Å²) in [5.41, 5.74) is 1.87. The van der Waals surface area contributed by atoms with E-state index in [1.54, 1.807) is 6.08 Å². The Labute approximate surface area is 189 Å². The first kappa shape index (κ1) is 21.1. The number of hydrogen-bond acceptors (Lipinski definition) is 4. The Kier molecular flexibility index (Phi) is 6.06. The number of thioether (sulfide) groups is 1. The van der Waals surface area contributed by atoms with Crippen LogP contribution in [-0.4, -0.2) is 33.1 Å². The third kappa shape index (κ3) is 4.78. The highest BCUT2D eigenvalue weighted by Gasteiger charge is 2.36. The van der Waals surface area contributed by atoms with Crippen LogP contribution >= 0.6 is 27.7 Å². The second-order valence-electron chi connectivity index (χ2n) is 6.61. The number of nitrogens with one attached hydrogen (secondary N) is 1. The van der Waals surface area contributed by atoms with Crippen LogP contribution in [0.15, 0.2) is 76.2 Å². The molecule has 1 aliphatic rings. The van der Waals surface area contributed by atoms with Crippen LogP contribution in [0.25, 0.3) is 11.8 Å². The normalized spacial score (nSPS) is 15.0. The lowest BCUT2D eigenvalue weighted by atomic mass is 10.3. The molecule has 4 rings (SSSR count). The van der Waals surface area contributed by atoms with Gasteiger partial charge in [0.25, 0.3) is 11.1 Å². The summed E-state index contributed by atoms with van der Waals surface area (Å²) >= 11 is 4.17. The lowest BCUT2D eigenvalue weighted by Crippen LogP contribution is -2.36. The van der Waals surface area contributed by atoms with E-state index in [2.05, 4.69) is 21.2 Å². The molecule has 2 heterocycles. The minimum atomic E-state index is -0.590. The fraction of sp³-hybridized carbons (Fsp3) is 0.0455. The second-order valence-corrected chi connectivity index (χ2v) is 8.51. The van der Waals surface area contributed by atoms with Crippen molar-refractivity contribution < 1.29 is 18.8 Å². The Balaban J connectivity index is 1.50. The van der Waals surface area contributed by atoms with E-state index in [1.807, 2.05) is 47.2 Å². The van der Waals surface area contributed by atoms with Gasteiger partial charge in [-0.3, -0.25) is 19.3 Å². The van der Waals surface area contributed by atoms with Crippen molar-refractivity contribution in [3.63, 3.8) is 0 Å². The molecule has 0 atom stereocenters. The molecule has 0 saturated carbocycles. The molecule has 0 radical (unpaired) electrons. The highest BCUT2D eigenvalue weighted by molar-refractivity contribution is 9.10. The minimum absolute atomic E-state index is 0.223. The van der Waals surface area contributed by atoms with Gasteiger partial charge in [-0.05, 0) is 72.4 Å². The number of halogens is 2. The largest absolute Gasteiger partial charge is 0.324 e. The summed E-state index contributed by atoms with van der Waals surface area (Å²) in [6.45, 7) is -0.452. The number of rotatable bonds is 5. The number of hydrogen-bond donors (Lipinski definition) is 1. The van der Waals surface area contributed by atoms with Crippen LogP contribution in [0.4, 0.5) is 14.9 Å². The van der Waals surface area contributed by atoms with E-state index in [4.69, 9.17) is 0 Å². The number of amides is 3. The van der Waals surface area contributed by atoms with E-state index < -0.39 is 29.4 Å². The minimum Gasteiger partial charge on any atom is -0.324 e. The molecular formula is C22H15BrFN3O3S. The molecule has 31 heavy (non-hydrogen) atoms. The van der Waals surface area contributed by atoms with Crippen LogP contribution in [0.2, 0.25) is 0 Å². The van der Waals surface area contributed by atoms with Crippen molar-refractivity contribution >= 4 is 56.5 Å². The predicted octanol–water partition coefficient (Wildman–Crippen LogP) is 5.05. The van der Waals surface area contributed by atoms with Crippen molar-refractivity contribution in [1.82, 2.24) is 9.47 Å². The van der Waals surface area contributed by atoms with Crippen LogP contribution in [-0.2, 0) is 9.59 Å². The molecule has 1 N–H and O–H groups in total. The van der Waals surface area contributed by atoms with E-state index >= 15 is 0 Å². The van der Waals surface area contributed by atoms with Crippen LogP contribution < -0.4 is 5.32 Å². The molecule has 9 heteroatoms. The summed E-state index contributed by atoms with van der Waals surface area (Å²) < 4.78 is 16.1. The Morgan fingerprint density at radius 3 is 2.61 bits per heavy atom. The van der Waals surface area contributed by atoms with Gasteiger partial charge in [-0.1, -0.05) is 22.0 Å². The van der Waals surface area contributed by atoms with Gasteiger partial charge in [-0.2, -0.15) is 0 Å². The predicted molar refractivity (Wildman–Crippen MR) is 121 cm³/mol. The van der Waals surface area contributed by atoms with E-state index in [0.717, 1.165) is 38.6 Å². The fourth-order valence-electron chi connectivity index (χ4n) is 3.03. The Bertz CT molecular complexity index is 1210. The molecular weight excluding hydrogens is 485 g/mol. The number of nitrogens with zero attached hydrogens (tertiary/aromatic N) is 2. The van der Waals surface area contributed by atoms with Gasteiger partial charge in [0.1, 0.15) is 12.4 Å². The smallest absolute Gasteiger partial charge is 0.294 e. The quantitative estimate of drug-likeness (QED) is 0.498. The highest BCUT2D eigenvalue weighted by Crippen LogP contribution is 2.32. The lowest BCUT2D eigenvalue weighted by molar-refractivity contribution is -0.127. The zero-order chi connectivity index (χ0) is 22.0. The summed E-state index contributed by atoms with van der Waals surface area (Å²) in [6, 6.07) is 16.7. The highest BCUT2D eigenvalue weighted by atomic mass is 79.9. The standard InChI is InChI=1S/C22H15BrFN3O3S/c23-14-6-8-17(9-7-14)26-10-2-5-18(26)12-19-21(29)27(22(30)31-19)13-20(28)25-16-4-1-3-15(24)11-16/h1-12H,13H2,(H,25,28)/b19-12+. The molecule has 156 valence electrons. The van der Waals surface area contributed by atoms with Crippen molar-refractivity contribution in [2.24, 2.45) is 0 Å². The maximum Gasteiger partial charge on any atom is 0.294 e. The first-order valence-corrected chi connectivity index (χ1v) is 10.8. The van der Waals surface area contributed by atoms with Gasteiger partial charge in [0, 0.05) is 27.7 Å². The number of carbonyl (C=O) groups is 3. The van der Waals surface area contributed by atoms with Crippen molar-refractivity contribution in [3.05, 3.63) is 87.7 Å². The molecule has 1 aromatic heterocycles. The van der Waals surface area contributed by atoms with E-state index in [-0.39, 0.29) is 10.6 Å². The van der Waals surface area contributed by atoms with Gasteiger partial charge < -0.3 is 9.88 Å². The van der Waals surface area contributed by atoms with Gasteiger partial charge in [0.05, 0.1) is 4.91 Å². The van der Waals surface area contributed by atoms with Crippen LogP contribution in [0, 0.1) is 5.82 Å². The van der Waals surface area contributed by atoms with E-state index in [1.165, 1.54) is 18.2 Å². The SMILES string of the molecule is O=C(CN1C(=O)S/C(=C/c2cccn2-c2ccc(Br)cc2)C1=O)Nc1cccc(F)c1. The first-order valence-electron chi connectivity index (χ1n) is 9.15. The molecule has 0 bridgehead atoms. The summed E-state index contributed by atoms with van der Waals surface area (Å²) in [6.07, 6.45) is 3.48. The third-order valence-corrected chi connectivity index (χ3v) is 5.88. The zero-order valence-electron chi connectivity index (χ0n) is 15.9. The molecule has 3 amide bonds. The maximum atomic E-state index is 13.3. The van der Waals surface area contributed by atoms with E-state index in [9.17, 15) is 18.8 Å². The molecule has 2 aromatic carbocycles. The third-order valence-electron chi connectivity index (χ3n) is 4.45. The summed E-state index contributed by atoms with van der Waals surface area (Å²) in [5, 5.41) is 1.95. The Morgan fingerprint density at radius 1 is 1.10 bits per heavy atom. The molecule has 0 aliphatic carbocycles. The van der Waals surface area contributed by atoms with Gasteiger partial charge in [0.2, 0.25) is 5.91 Å². The molecule has 6 nitrogen and oxygen atoms in total. The zero-order valence-corrected chi connectivity index (χ0v) is 18.3. The maximum absolute atomic E-state index is 13.3.